The van der Waals surface area contributed by atoms with Crippen molar-refractivity contribution in [2.24, 2.45) is 15.7 Å². The average molecular weight is 168 g/mol. The zero-order chi connectivity index (χ0) is 9.72. The molecule has 0 saturated carbocycles. The van der Waals surface area contributed by atoms with Gasteiger partial charge in [-0.1, -0.05) is 0 Å². The van der Waals surface area contributed by atoms with E-state index in [0.717, 1.165) is 0 Å². The summed E-state index contributed by atoms with van der Waals surface area (Å²) in [6.45, 7) is 3.10. The van der Waals surface area contributed by atoms with Crippen LogP contribution in [-0.4, -0.2) is 30.2 Å². The minimum absolute atomic E-state index is 0.113. The molecule has 0 aliphatic rings. The fourth-order valence-electron chi connectivity index (χ4n) is 0.755. The molecule has 66 valence electrons. The van der Waals surface area contributed by atoms with Gasteiger partial charge in [-0.3, -0.25) is 15.2 Å². The van der Waals surface area contributed by atoms with E-state index in [9.17, 15) is 4.79 Å². The highest BCUT2D eigenvalue weighted by molar-refractivity contribution is 6.66. The topological polar surface area (TPSA) is 91.7 Å². The van der Waals surface area contributed by atoms with Gasteiger partial charge in [0.2, 0.25) is 0 Å². The highest BCUT2D eigenvalue weighted by atomic mass is 16.1. The predicted molar refractivity (Wildman–Crippen MR) is 49.1 cm³/mol. The molecule has 0 radical (unpaired) electrons. The third-order valence-corrected chi connectivity index (χ3v) is 1.14. The summed E-state index contributed by atoms with van der Waals surface area (Å²) < 4.78 is 0. The summed E-state index contributed by atoms with van der Waals surface area (Å²) >= 11 is 0. The van der Waals surface area contributed by atoms with Crippen molar-refractivity contribution in [3.63, 3.8) is 0 Å². The lowest BCUT2D eigenvalue weighted by molar-refractivity contribution is -0.111. The molecule has 5 nitrogen and oxygen atoms in total. The van der Waals surface area contributed by atoms with Crippen molar-refractivity contribution in [2.75, 3.05) is 7.05 Å². The van der Waals surface area contributed by atoms with Gasteiger partial charge in [0.05, 0.1) is 5.71 Å². The van der Waals surface area contributed by atoms with Crippen LogP contribution in [0.5, 0.6) is 0 Å². The molecule has 0 fully saturated rings. The fraction of sp³-hybridized carbons (Fsp3) is 0.429. The molecule has 0 unspecified atom stereocenters. The van der Waals surface area contributed by atoms with Crippen LogP contribution in [0.1, 0.15) is 13.8 Å². The SMILES string of the molecule is CN=C(C(N)=O)C(C)=NC(C)=N. The van der Waals surface area contributed by atoms with Crippen LogP contribution in [0.3, 0.4) is 0 Å². The van der Waals surface area contributed by atoms with Gasteiger partial charge in [0.1, 0.15) is 11.5 Å². The summed E-state index contributed by atoms with van der Waals surface area (Å²) in [5.74, 6) is -0.505. The van der Waals surface area contributed by atoms with Gasteiger partial charge >= 0.3 is 0 Å². The van der Waals surface area contributed by atoms with Gasteiger partial charge in [-0.2, -0.15) is 0 Å². The Kier molecular flexibility index (Phi) is 3.82. The number of nitrogens with one attached hydrogen (secondary N) is 1. The quantitative estimate of drug-likeness (QED) is 0.441. The fourth-order valence-corrected chi connectivity index (χ4v) is 0.755. The first-order chi connectivity index (χ1) is 5.49. The highest BCUT2D eigenvalue weighted by Gasteiger charge is 2.08. The zero-order valence-corrected chi connectivity index (χ0v) is 7.38. The number of nitrogens with two attached hydrogens (primary N) is 1. The highest BCUT2D eigenvalue weighted by Crippen LogP contribution is 1.85. The van der Waals surface area contributed by atoms with Gasteiger partial charge < -0.3 is 5.73 Å². The monoisotopic (exact) mass is 168 g/mol. The van der Waals surface area contributed by atoms with Crippen LogP contribution >= 0.6 is 0 Å². The molecule has 0 spiro atoms. The minimum atomic E-state index is -0.625. The van der Waals surface area contributed by atoms with Crippen LogP contribution in [-0.2, 0) is 4.79 Å². The third kappa shape index (κ3) is 3.05. The molecule has 0 aliphatic heterocycles. The summed E-state index contributed by atoms with van der Waals surface area (Å²) in [5, 5.41) is 7.04. The molecule has 0 atom stereocenters. The van der Waals surface area contributed by atoms with E-state index in [1.807, 2.05) is 0 Å². The van der Waals surface area contributed by atoms with E-state index in [0.29, 0.717) is 5.71 Å². The van der Waals surface area contributed by atoms with Gasteiger partial charge in [-0.05, 0) is 13.8 Å². The smallest absolute Gasteiger partial charge is 0.268 e. The number of amides is 1. The first kappa shape index (κ1) is 10.5. The molecule has 0 aromatic heterocycles. The van der Waals surface area contributed by atoms with Crippen molar-refractivity contribution in [2.45, 2.75) is 13.8 Å². The number of aliphatic imine (C=N–C) groups is 2. The van der Waals surface area contributed by atoms with Gasteiger partial charge in [-0.15, -0.1) is 0 Å². The number of amidine groups is 1. The lowest BCUT2D eigenvalue weighted by atomic mass is 10.2. The summed E-state index contributed by atoms with van der Waals surface area (Å²) in [6.07, 6.45) is 0. The maximum Gasteiger partial charge on any atom is 0.268 e. The van der Waals surface area contributed by atoms with Crippen molar-refractivity contribution in [1.82, 2.24) is 0 Å². The Morgan fingerprint density at radius 1 is 1.42 bits per heavy atom. The molecule has 0 bridgehead atoms. The molecule has 5 heteroatoms. The van der Waals surface area contributed by atoms with Crippen molar-refractivity contribution < 1.29 is 4.79 Å². The molecule has 12 heavy (non-hydrogen) atoms. The molecular formula is C7H12N4O. The van der Waals surface area contributed by atoms with Crippen LogP contribution < -0.4 is 5.73 Å². The van der Waals surface area contributed by atoms with Crippen molar-refractivity contribution in [3.8, 4) is 0 Å². The zero-order valence-electron chi connectivity index (χ0n) is 7.38. The normalized spacial score (nSPS) is 12.9. The van der Waals surface area contributed by atoms with Crippen LogP contribution in [0.2, 0.25) is 0 Å². The van der Waals surface area contributed by atoms with Crippen LogP contribution in [0.15, 0.2) is 9.98 Å². The summed E-state index contributed by atoms with van der Waals surface area (Å²) in [6, 6.07) is 0. The Morgan fingerprint density at radius 3 is 2.17 bits per heavy atom. The number of nitrogens with zero attached hydrogens (tertiary/aromatic N) is 2. The lowest BCUT2D eigenvalue weighted by Gasteiger charge is -1.98. The second-order valence-electron chi connectivity index (χ2n) is 2.22. The molecule has 0 aromatic rings. The van der Waals surface area contributed by atoms with E-state index in [1.54, 1.807) is 6.92 Å². The Morgan fingerprint density at radius 2 is 1.92 bits per heavy atom. The van der Waals surface area contributed by atoms with E-state index in [-0.39, 0.29) is 11.5 Å². The van der Waals surface area contributed by atoms with Crippen LogP contribution in [0.25, 0.3) is 0 Å². The Labute approximate surface area is 70.9 Å². The second kappa shape index (κ2) is 4.38. The van der Waals surface area contributed by atoms with Crippen LogP contribution in [0, 0.1) is 5.41 Å². The Bertz CT molecular complexity index is 265. The molecule has 0 heterocycles. The second-order valence-corrected chi connectivity index (χ2v) is 2.22. The molecule has 0 rings (SSSR count). The third-order valence-electron chi connectivity index (χ3n) is 1.14. The Balaban J connectivity index is 4.78. The number of carbonyl (C=O) groups is 1. The van der Waals surface area contributed by atoms with Gasteiger partial charge in [0, 0.05) is 7.05 Å². The lowest BCUT2D eigenvalue weighted by Crippen LogP contribution is -2.29. The van der Waals surface area contributed by atoms with Gasteiger partial charge in [-0.25, -0.2) is 4.99 Å². The Hall–Kier alpha value is -1.52. The van der Waals surface area contributed by atoms with Gasteiger partial charge in [0.15, 0.2) is 0 Å². The maximum absolute atomic E-state index is 10.7. The van der Waals surface area contributed by atoms with E-state index in [4.69, 9.17) is 11.1 Å². The number of hydrogen-bond acceptors (Lipinski definition) is 3. The van der Waals surface area contributed by atoms with Crippen molar-refractivity contribution >= 4 is 23.2 Å². The molecule has 0 saturated heterocycles. The number of rotatable bonds is 2. The largest absolute Gasteiger partial charge is 0.364 e. The summed E-state index contributed by atoms with van der Waals surface area (Å²) in [5.41, 5.74) is 5.49. The van der Waals surface area contributed by atoms with Crippen molar-refractivity contribution in [1.29, 1.82) is 5.41 Å². The van der Waals surface area contributed by atoms with E-state index >= 15 is 0 Å². The van der Waals surface area contributed by atoms with E-state index in [2.05, 4.69) is 9.98 Å². The van der Waals surface area contributed by atoms with Gasteiger partial charge in [0.25, 0.3) is 5.91 Å². The molecule has 0 aliphatic carbocycles. The number of primary amides is 1. The average Bonchev–Trinajstić information content (AvgIpc) is 1.85. The molecule has 0 aromatic carbocycles. The minimum Gasteiger partial charge on any atom is -0.364 e. The standard InChI is InChI=1S/C7H12N4O/c1-4(11-5(2)8)6(10-3)7(9)12/h8H,1-3H3,(H2,9,12). The van der Waals surface area contributed by atoms with E-state index < -0.39 is 5.91 Å². The molecular weight excluding hydrogens is 156 g/mol. The first-order valence-corrected chi connectivity index (χ1v) is 3.36. The predicted octanol–water partition coefficient (Wildman–Crippen LogP) is 0.000570. The summed E-state index contributed by atoms with van der Waals surface area (Å²) in [4.78, 5) is 18.1. The first-order valence-electron chi connectivity index (χ1n) is 3.36. The number of carbonyl (C=O) groups excluding carboxylic acids is 1. The summed E-state index contributed by atoms with van der Waals surface area (Å²) in [7, 11) is 1.46. The molecule has 1 amide bonds. The van der Waals surface area contributed by atoms with E-state index in [1.165, 1.54) is 14.0 Å². The molecule has 3 N–H and O–H groups in total. The maximum atomic E-state index is 10.7. The van der Waals surface area contributed by atoms with Crippen LogP contribution in [0.4, 0.5) is 0 Å². The van der Waals surface area contributed by atoms with Crippen molar-refractivity contribution in [3.05, 3.63) is 0 Å². The number of hydrogen-bond donors (Lipinski definition) is 2.